The van der Waals surface area contributed by atoms with Gasteiger partial charge in [0.1, 0.15) is 0 Å². The first kappa shape index (κ1) is 16.0. The molecule has 0 saturated carbocycles. The van der Waals surface area contributed by atoms with Gasteiger partial charge < -0.3 is 9.67 Å². The van der Waals surface area contributed by atoms with Gasteiger partial charge in [0.25, 0.3) is 0 Å². The molecule has 0 aliphatic heterocycles. The largest absolute Gasteiger partial charge is 0.481 e. The summed E-state index contributed by atoms with van der Waals surface area (Å²) < 4.78 is 3.26. The number of benzene rings is 1. The van der Waals surface area contributed by atoms with Crippen LogP contribution in [0.4, 0.5) is 0 Å². The Morgan fingerprint density at radius 3 is 2.95 bits per heavy atom. The number of thioether (sulfide) groups is 2. The summed E-state index contributed by atoms with van der Waals surface area (Å²) >= 11 is 5.33. The molecule has 0 aliphatic rings. The monoisotopic (exact) mass is 422 g/mol. The van der Waals surface area contributed by atoms with Crippen LogP contribution in [0.3, 0.4) is 0 Å². The van der Waals surface area contributed by atoms with Gasteiger partial charge in [-0.05, 0) is 47.0 Å². The van der Waals surface area contributed by atoms with Crippen molar-refractivity contribution in [3.05, 3.63) is 21.8 Å². The number of hydrogen-bond acceptors (Lipinski definition) is 4. The summed E-state index contributed by atoms with van der Waals surface area (Å²) in [6, 6.07) is 6.14. The number of rotatable bonds is 6. The van der Waals surface area contributed by atoms with E-state index in [0.717, 1.165) is 26.3 Å². The van der Waals surface area contributed by atoms with Gasteiger partial charge in [0.15, 0.2) is 5.16 Å². The second-order valence-electron chi connectivity index (χ2n) is 4.37. The number of carboxylic acids is 1. The molecule has 0 radical (unpaired) electrons. The lowest BCUT2D eigenvalue weighted by Gasteiger charge is -2.12. The fourth-order valence-corrected chi connectivity index (χ4v) is 3.34. The van der Waals surface area contributed by atoms with Gasteiger partial charge in [-0.25, -0.2) is 4.98 Å². The van der Waals surface area contributed by atoms with Crippen molar-refractivity contribution in [1.82, 2.24) is 9.55 Å². The van der Waals surface area contributed by atoms with Crippen molar-refractivity contribution in [2.45, 2.75) is 23.9 Å². The third-order valence-electron chi connectivity index (χ3n) is 2.84. The van der Waals surface area contributed by atoms with Gasteiger partial charge >= 0.3 is 5.97 Å². The minimum atomic E-state index is -0.818. The fraction of sp³-hybridized carbons (Fsp3) is 0.385. The molecule has 1 unspecified atom stereocenters. The molecule has 108 valence electrons. The van der Waals surface area contributed by atoms with Crippen LogP contribution in [0.5, 0.6) is 0 Å². The molecule has 2 aromatic rings. The zero-order chi connectivity index (χ0) is 14.7. The van der Waals surface area contributed by atoms with E-state index in [0.29, 0.717) is 5.25 Å². The van der Waals surface area contributed by atoms with Gasteiger partial charge in [-0.15, -0.1) is 0 Å². The Morgan fingerprint density at radius 2 is 2.30 bits per heavy atom. The number of aromatic nitrogens is 2. The number of halogens is 1. The van der Waals surface area contributed by atoms with Crippen molar-refractivity contribution < 1.29 is 9.90 Å². The summed E-state index contributed by atoms with van der Waals surface area (Å²) in [5, 5.41) is 10.1. The maximum Gasteiger partial charge on any atom is 0.313 e. The van der Waals surface area contributed by atoms with E-state index in [1.54, 1.807) is 11.8 Å². The lowest BCUT2D eigenvalue weighted by atomic mass is 10.3. The normalized spacial score (nSPS) is 12.8. The summed E-state index contributed by atoms with van der Waals surface area (Å²) in [5.74, 6) is -0.783. The summed E-state index contributed by atoms with van der Waals surface area (Å²) in [5.41, 5.74) is 2.00. The third-order valence-corrected chi connectivity index (χ3v) is 5.43. The molecule has 4 nitrogen and oxygen atoms in total. The molecule has 1 N–H and O–H groups in total. The van der Waals surface area contributed by atoms with Crippen LogP contribution in [0.25, 0.3) is 11.0 Å². The second-order valence-corrected chi connectivity index (χ2v) is 7.83. The molecule has 0 bridgehead atoms. The van der Waals surface area contributed by atoms with Crippen LogP contribution >= 0.6 is 46.1 Å². The minimum absolute atomic E-state index is 0.0358. The molecule has 0 saturated heterocycles. The molecule has 2 rings (SSSR count). The van der Waals surface area contributed by atoms with E-state index in [1.165, 1.54) is 11.8 Å². The number of aliphatic carboxylic acids is 1. The Kier molecular flexibility index (Phi) is 5.62. The van der Waals surface area contributed by atoms with E-state index in [2.05, 4.69) is 57.5 Å². The first-order chi connectivity index (χ1) is 9.51. The molecular weight excluding hydrogens is 407 g/mol. The highest BCUT2D eigenvalue weighted by atomic mass is 127. The molecule has 0 fully saturated rings. The zero-order valence-electron chi connectivity index (χ0n) is 11.2. The van der Waals surface area contributed by atoms with Crippen molar-refractivity contribution in [1.29, 1.82) is 0 Å². The van der Waals surface area contributed by atoms with E-state index in [9.17, 15) is 4.79 Å². The number of fused-ring (bicyclic) bond motifs is 1. The number of nitrogens with zero attached hydrogens (tertiary/aromatic N) is 2. The maximum atomic E-state index is 10.8. The van der Waals surface area contributed by atoms with Crippen LogP contribution in [0, 0.1) is 3.57 Å². The van der Waals surface area contributed by atoms with Crippen LogP contribution < -0.4 is 0 Å². The Morgan fingerprint density at radius 1 is 1.55 bits per heavy atom. The van der Waals surface area contributed by atoms with Crippen LogP contribution in [0.1, 0.15) is 6.92 Å². The maximum absolute atomic E-state index is 10.8. The lowest BCUT2D eigenvalue weighted by Crippen LogP contribution is -2.10. The topological polar surface area (TPSA) is 55.1 Å². The minimum Gasteiger partial charge on any atom is -0.481 e. The van der Waals surface area contributed by atoms with Gasteiger partial charge in [-0.3, -0.25) is 4.79 Å². The van der Waals surface area contributed by atoms with Crippen molar-refractivity contribution in [2.24, 2.45) is 0 Å². The summed E-state index contributed by atoms with van der Waals surface area (Å²) in [6.07, 6.45) is 2.08. The van der Waals surface area contributed by atoms with Crippen molar-refractivity contribution in [3.63, 3.8) is 0 Å². The van der Waals surface area contributed by atoms with E-state index < -0.39 is 5.97 Å². The Labute approximate surface area is 139 Å². The number of carboxylic acid groups (broad SMARTS) is 1. The van der Waals surface area contributed by atoms with Crippen LogP contribution in [-0.2, 0) is 11.3 Å². The van der Waals surface area contributed by atoms with E-state index in [-0.39, 0.29) is 5.75 Å². The highest BCUT2D eigenvalue weighted by molar-refractivity contribution is 14.1. The van der Waals surface area contributed by atoms with Crippen molar-refractivity contribution >= 4 is 63.1 Å². The van der Waals surface area contributed by atoms with E-state index in [4.69, 9.17) is 5.11 Å². The van der Waals surface area contributed by atoms with Crippen LogP contribution in [0.15, 0.2) is 23.4 Å². The molecule has 20 heavy (non-hydrogen) atoms. The number of carbonyl (C=O) groups is 1. The van der Waals surface area contributed by atoms with Gasteiger partial charge in [-0.2, -0.15) is 11.8 Å². The summed E-state index contributed by atoms with van der Waals surface area (Å²) in [6.45, 7) is 3.00. The van der Waals surface area contributed by atoms with Gasteiger partial charge in [0.05, 0.1) is 16.8 Å². The molecule has 0 spiro atoms. The smallest absolute Gasteiger partial charge is 0.313 e. The molecule has 7 heteroatoms. The quantitative estimate of drug-likeness (QED) is 0.570. The molecular formula is C13H15IN2O2S2. The average molecular weight is 422 g/mol. The first-order valence-corrected chi connectivity index (χ1v) is 9.39. The Balaban J connectivity index is 2.41. The molecule has 1 aromatic heterocycles. The number of imidazole rings is 1. The standard InChI is InChI=1S/C13H15IN2O2S2/c1-8(19-2)6-16-11-4-3-9(14)5-10(11)15-13(16)20-7-12(17)18/h3-5,8H,6-7H2,1-2H3,(H,17,18). The summed E-state index contributed by atoms with van der Waals surface area (Å²) in [7, 11) is 0. The SMILES string of the molecule is CSC(C)Cn1c(SCC(=O)O)nc2cc(I)ccc21. The Hall–Kier alpha value is -0.410. The highest BCUT2D eigenvalue weighted by Crippen LogP contribution is 2.27. The van der Waals surface area contributed by atoms with Crippen molar-refractivity contribution in [3.8, 4) is 0 Å². The second kappa shape index (κ2) is 7.04. The molecule has 1 aromatic carbocycles. The highest BCUT2D eigenvalue weighted by Gasteiger charge is 2.14. The van der Waals surface area contributed by atoms with E-state index >= 15 is 0 Å². The predicted octanol–water partition coefficient (Wildman–Crippen LogP) is 3.57. The average Bonchev–Trinajstić information content (AvgIpc) is 2.73. The van der Waals surface area contributed by atoms with Gasteiger partial charge in [0, 0.05) is 15.4 Å². The van der Waals surface area contributed by atoms with Crippen molar-refractivity contribution in [2.75, 3.05) is 12.0 Å². The fourth-order valence-electron chi connectivity index (χ4n) is 1.83. The predicted molar refractivity (Wildman–Crippen MR) is 93.8 cm³/mol. The number of hydrogen-bond donors (Lipinski definition) is 1. The van der Waals surface area contributed by atoms with E-state index in [1.807, 2.05) is 6.07 Å². The van der Waals surface area contributed by atoms with Crippen LogP contribution in [-0.4, -0.2) is 37.9 Å². The Bertz CT molecular complexity index is 630. The molecule has 1 atom stereocenters. The van der Waals surface area contributed by atoms with Gasteiger partial charge in [0.2, 0.25) is 0 Å². The first-order valence-electron chi connectivity index (χ1n) is 6.04. The molecule has 1 heterocycles. The summed E-state index contributed by atoms with van der Waals surface area (Å²) in [4.78, 5) is 15.3. The van der Waals surface area contributed by atoms with Crippen LogP contribution in [0.2, 0.25) is 0 Å². The molecule has 0 amide bonds. The third kappa shape index (κ3) is 3.82. The zero-order valence-corrected chi connectivity index (χ0v) is 15.0. The van der Waals surface area contributed by atoms with Gasteiger partial charge in [-0.1, -0.05) is 18.7 Å². The lowest BCUT2D eigenvalue weighted by molar-refractivity contribution is -0.133. The molecule has 0 aliphatic carbocycles.